The summed E-state index contributed by atoms with van der Waals surface area (Å²) in [5.74, 6) is 2.02. The van der Waals surface area contributed by atoms with E-state index in [2.05, 4.69) is 4.98 Å². The van der Waals surface area contributed by atoms with E-state index in [0.29, 0.717) is 31.1 Å². The van der Waals surface area contributed by atoms with Crippen LogP contribution in [-0.2, 0) is 17.7 Å². The van der Waals surface area contributed by atoms with Gasteiger partial charge in [0.15, 0.2) is 5.89 Å². The van der Waals surface area contributed by atoms with Crippen molar-refractivity contribution in [3.8, 4) is 10.6 Å². The van der Waals surface area contributed by atoms with Crippen molar-refractivity contribution in [3.05, 3.63) is 58.8 Å². The quantitative estimate of drug-likeness (QED) is 0.673. The van der Waals surface area contributed by atoms with Gasteiger partial charge >= 0.3 is 0 Å². The number of thiazole rings is 1. The summed E-state index contributed by atoms with van der Waals surface area (Å²) < 4.78 is 11.4. The summed E-state index contributed by atoms with van der Waals surface area (Å²) in [4.78, 5) is 24.1. The van der Waals surface area contributed by atoms with Crippen LogP contribution in [0, 0.1) is 0 Å². The molecular formula is C21H21N3O3S. The topological polar surface area (TPSA) is 68.5 Å². The van der Waals surface area contributed by atoms with E-state index in [1.807, 2.05) is 40.6 Å². The minimum atomic E-state index is -0.0419. The molecular weight excluding hydrogens is 374 g/mol. The van der Waals surface area contributed by atoms with E-state index < -0.39 is 0 Å². The molecule has 1 aromatic carbocycles. The molecule has 1 saturated heterocycles. The molecule has 6 nitrogen and oxygen atoms in total. The average molecular weight is 395 g/mol. The molecule has 7 heteroatoms. The first-order valence-electron chi connectivity index (χ1n) is 9.64. The zero-order valence-electron chi connectivity index (χ0n) is 15.5. The molecule has 2 aliphatic rings. The Morgan fingerprint density at radius 2 is 1.96 bits per heavy atom. The fraction of sp³-hybridized carbons (Fsp3) is 0.381. The standard InChI is InChI=1S/C21H21N3O3S/c25-21(17-13-28-20(23-17)15-4-2-1-3-5-15)24-9-6-18-16(12-24)22-19(27-18)14-7-10-26-11-8-14/h1-5,13-14H,6-12H2. The molecule has 5 rings (SSSR count). The first kappa shape index (κ1) is 17.6. The number of amides is 1. The van der Waals surface area contributed by atoms with Crippen LogP contribution in [0.3, 0.4) is 0 Å². The van der Waals surface area contributed by atoms with E-state index in [1.165, 1.54) is 11.3 Å². The van der Waals surface area contributed by atoms with Crippen LogP contribution in [0.15, 0.2) is 40.1 Å². The highest BCUT2D eigenvalue weighted by Gasteiger charge is 2.29. The Morgan fingerprint density at radius 3 is 2.79 bits per heavy atom. The van der Waals surface area contributed by atoms with E-state index in [1.54, 1.807) is 0 Å². The SMILES string of the molecule is O=C(c1csc(-c2ccccc2)n1)N1CCc2oc(C3CCOCC3)nc2C1. The Bertz CT molecular complexity index is 976. The number of hydrogen-bond acceptors (Lipinski definition) is 6. The second kappa shape index (κ2) is 7.48. The summed E-state index contributed by atoms with van der Waals surface area (Å²) in [5, 5.41) is 2.71. The van der Waals surface area contributed by atoms with Gasteiger partial charge in [0.1, 0.15) is 22.2 Å². The number of fused-ring (bicyclic) bond motifs is 1. The van der Waals surface area contributed by atoms with Crippen molar-refractivity contribution in [1.82, 2.24) is 14.9 Å². The van der Waals surface area contributed by atoms with E-state index in [9.17, 15) is 4.79 Å². The minimum absolute atomic E-state index is 0.0419. The van der Waals surface area contributed by atoms with Crippen LogP contribution < -0.4 is 0 Å². The normalized spacial score (nSPS) is 17.5. The molecule has 1 amide bonds. The maximum Gasteiger partial charge on any atom is 0.273 e. The lowest BCUT2D eigenvalue weighted by Gasteiger charge is -2.24. The number of ether oxygens (including phenoxy) is 1. The van der Waals surface area contributed by atoms with Gasteiger partial charge in [-0.25, -0.2) is 9.97 Å². The van der Waals surface area contributed by atoms with Crippen LogP contribution in [0.5, 0.6) is 0 Å². The Kier molecular flexibility index (Phi) is 4.70. The Balaban J connectivity index is 1.31. The van der Waals surface area contributed by atoms with Gasteiger partial charge in [-0.3, -0.25) is 4.79 Å². The number of nitrogens with zero attached hydrogens (tertiary/aromatic N) is 3. The lowest BCUT2D eigenvalue weighted by molar-refractivity contribution is 0.0721. The molecule has 0 aliphatic carbocycles. The first-order valence-corrected chi connectivity index (χ1v) is 10.5. The Hall–Kier alpha value is -2.51. The third kappa shape index (κ3) is 3.36. The van der Waals surface area contributed by atoms with Gasteiger partial charge in [-0.1, -0.05) is 30.3 Å². The van der Waals surface area contributed by atoms with E-state index in [-0.39, 0.29) is 5.91 Å². The molecule has 0 spiro atoms. The molecule has 0 bridgehead atoms. The van der Waals surface area contributed by atoms with Gasteiger partial charge in [0.2, 0.25) is 0 Å². The zero-order valence-corrected chi connectivity index (χ0v) is 16.3. The average Bonchev–Trinajstić information content (AvgIpc) is 3.41. The maximum absolute atomic E-state index is 13.0. The van der Waals surface area contributed by atoms with Gasteiger partial charge in [-0.2, -0.15) is 0 Å². The Labute approximate surface area is 167 Å². The number of carbonyl (C=O) groups is 1. The molecule has 28 heavy (non-hydrogen) atoms. The van der Waals surface area contributed by atoms with Crippen molar-refractivity contribution in [1.29, 1.82) is 0 Å². The summed E-state index contributed by atoms with van der Waals surface area (Å²) >= 11 is 1.50. The lowest BCUT2D eigenvalue weighted by atomic mass is 10.0. The van der Waals surface area contributed by atoms with Crippen molar-refractivity contribution in [2.24, 2.45) is 0 Å². The van der Waals surface area contributed by atoms with Crippen molar-refractivity contribution < 1.29 is 13.9 Å². The van der Waals surface area contributed by atoms with Crippen LogP contribution in [0.4, 0.5) is 0 Å². The maximum atomic E-state index is 13.0. The molecule has 1 fully saturated rings. The summed E-state index contributed by atoms with van der Waals surface area (Å²) in [5.41, 5.74) is 2.42. The number of rotatable bonds is 3. The fourth-order valence-corrected chi connectivity index (χ4v) is 4.56. The van der Waals surface area contributed by atoms with Gasteiger partial charge in [0, 0.05) is 43.0 Å². The highest BCUT2D eigenvalue weighted by Crippen LogP contribution is 2.31. The van der Waals surface area contributed by atoms with Crippen molar-refractivity contribution in [2.45, 2.75) is 31.7 Å². The molecule has 0 N–H and O–H groups in total. The van der Waals surface area contributed by atoms with Crippen molar-refractivity contribution in [3.63, 3.8) is 0 Å². The van der Waals surface area contributed by atoms with Gasteiger partial charge in [0.25, 0.3) is 5.91 Å². The lowest BCUT2D eigenvalue weighted by Crippen LogP contribution is -2.36. The van der Waals surface area contributed by atoms with Crippen LogP contribution in [0.2, 0.25) is 0 Å². The van der Waals surface area contributed by atoms with Gasteiger partial charge in [-0.15, -0.1) is 11.3 Å². The fourth-order valence-electron chi connectivity index (χ4n) is 3.76. The highest BCUT2D eigenvalue weighted by atomic mass is 32.1. The summed E-state index contributed by atoms with van der Waals surface area (Å²) in [6, 6.07) is 9.94. The number of carbonyl (C=O) groups excluding carboxylic acids is 1. The molecule has 0 radical (unpaired) electrons. The van der Waals surface area contributed by atoms with Crippen molar-refractivity contribution >= 4 is 17.2 Å². The van der Waals surface area contributed by atoms with Gasteiger partial charge in [-0.05, 0) is 12.8 Å². The molecule has 2 aliphatic heterocycles. The highest BCUT2D eigenvalue weighted by molar-refractivity contribution is 7.13. The van der Waals surface area contributed by atoms with Crippen LogP contribution >= 0.6 is 11.3 Å². The number of benzene rings is 1. The summed E-state index contributed by atoms with van der Waals surface area (Å²) in [6.45, 7) is 2.64. The summed E-state index contributed by atoms with van der Waals surface area (Å²) in [6.07, 6.45) is 2.60. The third-order valence-corrected chi connectivity index (χ3v) is 6.24. The van der Waals surface area contributed by atoms with Crippen LogP contribution in [-0.4, -0.2) is 40.5 Å². The predicted octanol–water partition coefficient (Wildman–Crippen LogP) is 3.89. The molecule has 0 unspecified atom stereocenters. The minimum Gasteiger partial charge on any atom is -0.445 e. The first-order chi connectivity index (χ1) is 13.8. The molecule has 144 valence electrons. The Morgan fingerprint density at radius 1 is 1.14 bits per heavy atom. The predicted molar refractivity (Wildman–Crippen MR) is 105 cm³/mol. The molecule has 4 heterocycles. The number of hydrogen-bond donors (Lipinski definition) is 0. The van der Waals surface area contributed by atoms with E-state index in [4.69, 9.17) is 14.1 Å². The third-order valence-electron chi connectivity index (χ3n) is 5.35. The van der Waals surface area contributed by atoms with Gasteiger partial charge in [0.05, 0.1) is 6.54 Å². The molecule has 0 saturated carbocycles. The number of oxazole rings is 1. The van der Waals surface area contributed by atoms with Crippen molar-refractivity contribution in [2.75, 3.05) is 19.8 Å². The molecule has 0 atom stereocenters. The number of aromatic nitrogens is 2. The summed E-state index contributed by atoms with van der Waals surface area (Å²) in [7, 11) is 0. The van der Waals surface area contributed by atoms with E-state index in [0.717, 1.165) is 54.0 Å². The van der Waals surface area contributed by atoms with Gasteiger partial charge < -0.3 is 14.1 Å². The monoisotopic (exact) mass is 395 g/mol. The molecule has 3 aromatic rings. The second-order valence-electron chi connectivity index (χ2n) is 7.19. The molecule has 2 aromatic heterocycles. The van der Waals surface area contributed by atoms with Crippen LogP contribution in [0.25, 0.3) is 10.6 Å². The van der Waals surface area contributed by atoms with E-state index >= 15 is 0 Å². The smallest absolute Gasteiger partial charge is 0.273 e. The van der Waals surface area contributed by atoms with Crippen LogP contribution in [0.1, 0.15) is 46.6 Å². The largest absolute Gasteiger partial charge is 0.445 e. The second-order valence-corrected chi connectivity index (χ2v) is 8.05. The zero-order chi connectivity index (χ0) is 18.9.